The van der Waals surface area contributed by atoms with Crippen LogP contribution in [0.5, 0.6) is 0 Å². The number of nitrogens with one attached hydrogen (secondary N) is 2. The zero-order valence-electron chi connectivity index (χ0n) is 14.3. The molecule has 0 unspecified atom stereocenters. The molecule has 0 radical (unpaired) electrons. The van der Waals surface area contributed by atoms with E-state index in [0.29, 0.717) is 6.42 Å². The number of benzene rings is 2. The zero-order valence-corrected chi connectivity index (χ0v) is 14.3. The Morgan fingerprint density at radius 1 is 1.08 bits per heavy atom. The molecule has 0 aliphatic heterocycles. The van der Waals surface area contributed by atoms with Crippen molar-refractivity contribution >= 4 is 5.91 Å². The van der Waals surface area contributed by atoms with Crippen molar-refractivity contribution in [1.82, 2.24) is 10.8 Å². The van der Waals surface area contributed by atoms with Crippen LogP contribution in [-0.2, 0) is 11.2 Å². The molecule has 2 aromatic rings. The predicted molar refractivity (Wildman–Crippen MR) is 93.9 cm³/mol. The van der Waals surface area contributed by atoms with Gasteiger partial charge in [-0.1, -0.05) is 54.6 Å². The lowest BCUT2D eigenvalue weighted by molar-refractivity contribution is -0.150. The topological polar surface area (TPSA) is 81.6 Å². The van der Waals surface area contributed by atoms with E-state index in [1.165, 1.54) is 5.48 Å². The molecule has 0 aliphatic carbocycles. The average molecular weight is 364 g/mol. The lowest BCUT2D eigenvalue weighted by atomic mass is 9.96. The second-order valence-corrected chi connectivity index (χ2v) is 6.20. The quantitative estimate of drug-likeness (QED) is 0.428. The van der Waals surface area contributed by atoms with Crippen LogP contribution in [0, 0.1) is 0 Å². The molecular formula is C19H22F2N2O3. The lowest BCUT2D eigenvalue weighted by Crippen LogP contribution is -2.60. The Bertz CT molecular complexity index is 706. The van der Waals surface area contributed by atoms with E-state index in [4.69, 9.17) is 5.21 Å². The Morgan fingerprint density at radius 2 is 1.65 bits per heavy atom. The summed E-state index contributed by atoms with van der Waals surface area (Å²) in [5.41, 5.74) is 1.78. The van der Waals surface area contributed by atoms with E-state index in [-0.39, 0.29) is 6.54 Å². The van der Waals surface area contributed by atoms with Gasteiger partial charge in [-0.3, -0.25) is 10.0 Å². The minimum absolute atomic E-state index is 0.172. The Balaban J connectivity index is 1.98. The smallest absolute Gasteiger partial charge is 0.268 e. The second-order valence-electron chi connectivity index (χ2n) is 6.20. The Hall–Kier alpha value is -2.35. The van der Waals surface area contributed by atoms with Gasteiger partial charge in [-0.15, -0.1) is 0 Å². The van der Waals surface area contributed by atoms with E-state index < -0.39 is 24.0 Å². The highest BCUT2D eigenvalue weighted by atomic mass is 19.3. The first-order chi connectivity index (χ1) is 12.4. The SMILES string of the molecule is C[C@@](O)(C(F)F)[C@H](NCCc1ccc(-c2ccccc2)cc1)C(=O)NO. The van der Waals surface area contributed by atoms with Crippen molar-refractivity contribution in [3.8, 4) is 11.1 Å². The fraction of sp³-hybridized carbons (Fsp3) is 0.316. The summed E-state index contributed by atoms with van der Waals surface area (Å²) in [5.74, 6) is -1.12. The number of alkyl halides is 2. The van der Waals surface area contributed by atoms with Crippen molar-refractivity contribution < 1.29 is 23.9 Å². The van der Waals surface area contributed by atoms with Crippen LogP contribution in [0.1, 0.15) is 12.5 Å². The van der Waals surface area contributed by atoms with E-state index in [9.17, 15) is 18.7 Å². The molecule has 2 atom stereocenters. The molecule has 2 rings (SSSR count). The number of aliphatic hydroxyl groups is 1. The highest BCUT2D eigenvalue weighted by molar-refractivity contribution is 5.82. The van der Waals surface area contributed by atoms with Crippen molar-refractivity contribution in [1.29, 1.82) is 0 Å². The number of carbonyl (C=O) groups excluding carboxylic acids is 1. The molecule has 0 aromatic heterocycles. The molecule has 4 N–H and O–H groups in total. The third-order valence-corrected chi connectivity index (χ3v) is 4.22. The van der Waals surface area contributed by atoms with Gasteiger partial charge in [0.05, 0.1) is 0 Å². The molecule has 5 nitrogen and oxygen atoms in total. The molecule has 0 saturated carbocycles. The number of amides is 1. The minimum Gasteiger partial charge on any atom is -0.382 e. The van der Waals surface area contributed by atoms with E-state index in [1.54, 1.807) is 0 Å². The van der Waals surface area contributed by atoms with Gasteiger partial charge < -0.3 is 10.4 Å². The van der Waals surface area contributed by atoms with Crippen LogP contribution in [0.4, 0.5) is 8.78 Å². The van der Waals surface area contributed by atoms with Crippen LogP contribution in [0.15, 0.2) is 54.6 Å². The molecule has 0 fully saturated rings. The standard InChI is InChI=1S/C19H22F2N2O3/c1-19(25,18(20)21)16(17(24)23-26)22-12-11-13-7-9-15(10-8-13)14-5-3-2-4-6-14/h2-10,16,18,22,25-26H,11-12H2,1H3,(H,23,24)/t16-,19+/m1/s1. The van der Waals surface area contributed by atoms with E-state index in [1.807, 2.05) is 54.6 Å². The fourth-order valence-electron chi connectivity index (χ4n) is 2.61. The third kappa shape index (κ3) is 4.85. The summed E-state index contributed by atoms with van der Waals surface area (Å²) in [5, 5.41) is 21.1. The van der Waals surface area contributed by atoms with Crippen molar-refractivity contribution in [3.05, 3.63) is 60.2 Å². The van der Waals surface area contributed by atoms with Gasteiger partial charge in [0.1, 0.15) is 11.6 Å². The maximum absolute atomic E-state index is 13.0. The van der Waals surface area contributed by atoms with Crippen LogP contribution in [0.3, 0.4) is 0 Å². The summed E-state index contributed by atoms with van der Waals surface area (Å²) in [6.07, 6.45) is -2.69. The first-order valence-electron chi connectivity index (χ1n) is 8.18. The molecule has 0 heterocycles. The number of hydrogen-bond acceptors (Lipinski definition) is 4. The Morgan fingerprint density at radius 3 is 2.19 bits per heavy atom. The molecule has 26 heavy (non-hydrogen) atoms. The summed E-state index contributed by atoms with van der Waals surface area (Å²) >= 11 is 0. The van der Waals surface area contributed by atoms with Gasteiger partial charge in [-0.25, -0.2) is 14.3 Å². The van der Waals surface area contributed by atoms with Gasteiger partial charge in [0.2, 0.25) is 0 Å². The fourth-order valence-corrected chi connectivity index (χ4v) is 2.61. The average Bonchev–Trinajstić information content (AvgIpc) is 2.65. The lowest BCUT2D eigenvalue weighted by Gasteiger charge is -2.31. The number of halogens is 2. The van der Waals surface area contributed by atoms with Crippen LogP contribution < -0.4 is 10.8 Å². The van der Waals surface area contributed by atoms with Gasteiger partial charge in [-0.2, -0.15) is 0 Å². The third-order valence-electron chi connectivity index (χ3n) is 4.22. The number of carbonyl (C=O) groups is 1. The first kappa shape index (κ1) is 20.0. The summed E-state index contributed by atoms with van der Waals surface area (Å²) in [4.78, 5) is 11.6. The predicted octanol–water partition coefficient (Wildman–Crippen LogP) is 2.38. The van der Waals surface area contributed by atoms with Gasteiger partial charge in [0.25, 0.3) is 12.3 Å². The maximum Gasteiger partial charge on any atom is 0.268 e. The molecular weight excluding hydrogens is 342 g/mol. The van der Waals surface area contributed by atoms with Crippen LogP contribution in [0.25, 0.3) is 11.1 Å². The van der Waals surface area contributed by atoms with Crippen molar-refractivity contribution in [2.75, 3.05) is 6.54 Å². The molecule has 7 heteroatoms. The van der Waals surface area contributed by atoms with Crippen LogP contribution in [-0.4, -0.2) is 40.8 Å². The maximum atomic E-state index is 13.0. The van der Waals surface area contributed by atoms with Gasteiger partial charge in [0.15, 0.2) is 0 Å². The van der Waals surface area contributed by atoms with E-state index in [2.05, 4.69) is 5.32 Å². The highest BCUT2D eigenvalue weighted by Gasteiger charge is 2.44. The Labute approximate surface area is 150 Å². The molecule has 0 aliphatic rings. The van der Waals surface area contributed by atoms with Gasteiger partial charge in [-0.05, 0) is 30.0 Å². The van der Waals surface area contributed by atoms with Gasteiger partial charge >= 0.3 is 0 Å². The summed E-state index contributed by atoms with van der Waals surface area (Å²) in [7, 11) is 0. The van der Waals surface area contributed by atoms with Gasteiger partial charge in [0, 0.05) is 6.54 Å². The number of hydrogen-bond donors (Lipinski definition) is 4. The van der Waals surface area contributed by atoms with Crippen molar-refractivity contribution in [3.63, 3.8) is 0 Å². The number of hydroxylamine groups is 1. The van der Waals surface area contributed by atoms with Crippen molar-refractivity contribution in [2.24, 2.45) is 0 Å². The van der Waals surface area contributed by atoms with E-state index in [0.717, 1.165) is 23.6 Å². The number of rotatable bonds is 8. The minimum atomic E-state index is -3.15. The monoisotopic (exact) mass is 364 g/mol. The summed E-state index contributed by atoms with van der Waals surface area (Å²) < 4.78 is 25.9. The van der Waals surface area contributed by atoms with Crippen LogP contribution in [0.2, 0.25) is 0 Å². The summed E-state index contributed by atoms with van der Waals surface area (Å²) in [6.45, 7) is 1.02. The van der Waals surface area contributed by atoms with Crippen molar-refractivity contribution in [2.45, 2.75) is 31.4 Å². The molecule has 1 amide bonds. The van der Waals surface area contributed by atoms with E-state index >= 15 is 0 Å². The first-order valence-corrected chi connectivity index (χ1v) is 8.18. The second kappa shape index (κ2) is 8.84. The normalized spacial score (nSPS) is 14.7. The molecule has 140 valence electrons. The zero-order chi connectivity index (χ0) is 19.2. The highest BCUT2D eigenvalue weighted by Crippen LogP contribution is 2.21. The molecule has 0 bridgehead atoms. The molecule has 0 saturated heterocycles. The van der Waals surface area contributed by atoms with Crippen LogP contribution >= 0.6 is 0 Å². The Kier molecular flexibility index (Phi) is 6.79. The molecule has 2 aromatic carbocycles. The summed E-state index contributed by atoms with van der Waals surface area (Å²) in [6, 6.07) is 15.9. The largest absolute Gasteiger partial charge is 0.382 e. The molecule has 0 spiro atoms.